The predicted molar refractivity (Wildman–Crippen MR) is 86.0 cm³/mol. The van der Waals surface area contributed by atoms with Gasteiger partial charge in [-0.05, 0) is 42.9 Å². The summed E-state index contributed by atoms with van der Waals surface area (Å²) in [7, 11) is 0. The Kier molecular flexibility index (Phi) is 8.56. The van der Waals surface area contributed by atoms with Gasteiger partial charge in [-0.1, -0.05) is 51.7 Å². The van der Waals surface area contributed by atoms with Crippen LogP contribution in [0.2, 0.25) is 0 Å². The van der Waals surface area contributed by atoms with Crippen molar-refractivity contribution in [3.63, 3.8) is 0 Å². The van der Waals surface area contributed by atoms with E-state index in [2.05, 4.69) is 26.0 Å². The Balaban J connectivity index is 2.72. The summed E-state index contributed by atoms with van der Waals surface area (Å²) in [6, 6.07) is 6.20. The minimum absolute atomic E-state index is 0.268. The van der Waals surface area contributed by atoms with Crippen LogP contribution in [-0.2, 0) is 17.6 Å². The molecule has 0 aliphatic rings. The van der Waals surface area contributed by atoms with Crippen molar-refractivity contribution in [2.45, 2.75) is 65.2 Å². The maximum Gasteiger partial charge on any atom is 0.341 e. The van der Waals surface area contributed by atoms with Crippen molar-refractivity contribution in [1.82, 2.24) is 0 Å². The van der Waals surface area contributed by atoms with Crippen molar-refractivity contribution in [3.8, 4) is 5.75 Å². The molecule has 0 saturated heterocycles. The third kappa shape index (κ3) is 7.16. The second-order valence-corrected chi connectivity index (χ2v) is 5.54. The van der Waals surface area contributed by atoms with E-state index >= 15 is 0 Å². The number of carbonyl (C=O) groups is 1. The first-order valence-corrected chi connectivity index (χ1v) is 8.13. The molecule has 0 aliphatic heterocycles. The molecule has 0 fully saturated rings. The number of benzene rings is 1. The van der Waals surface area contributed by atoms with Gasteiger partial charge in [0, 0.05) is 0 Å². The summed E-state index contributed by atoms with van der Waals surface area (Å²) in [5, 5.41) is 8.75. The summed E-state index contributed by atoms with van der Waals surface area (Å²) in [6.07, 6.45) is 9.24. The Morgan fingerprint density at radius 1 is 1.05 bits per heavy atom. The summed E-state index contributed by atoms with van der Waals surface area (Å²) in [5.74, 6) is -0.200. The van der Waals surface area contributed by atoms with Crippen molar-refractivity contribution < 1.29 is 14.6 Å². The number of aliphatic carboxylic acids is 1. The molecule has 21 heavy (non-hydrogen) atoms. The maximum atomic E-state index is 10.7. The molecule has 3 nitrogen and oxygen atoms in total. The summed E-state index contributed by atoms with van der Waals surface area (Å²) < 4.78 is 5.41. The molecule has 1 aromatic carbocycles. The molecule has 1 aromatic rings. The fraction of sp³-hybridized carbons (Fsp3) is 0.611. The van der Waals surface area contributed by atoms with E-state index in [0.29, 0.717) is 0 Å². The van der Waals surface area contributed by atoms with Crippen LogP contribution in [0.15, 0.2) is 18.2 Å². The molecular weight excluding hydrogens is 264 g/mol. The second-order valence-electron chi connectivity index (χ2n) is 5.54. The summed E-state index contributed by atoms with van der Waals surface area (Å²) in [5.41, 5.74) is 2.48. The van der Waals surface area contributed by atoms with Crippen molar-refractivity contribution in [2.24, 2.45) is 0 Å². The van der Waals surface area contributed by atoms with Crippen LogP contribution in [0.4, 0.5) is 0 Å². The van der Waals surface area contributed by atoms with E-state index < -0.39 is 5.97 Å². The summed E-state index contributed by atoms with van der Waals surface area (Å²) >= 11 is 0. The maximum absolute atomic E-state index is 10.7. The minimum atomic E-state index is -0.929. The minimum Gasteiger partial charge on any atom is -0.482 e. The lowest BCUT2D eigenvalue weighted by molar-refractivity contribution is -0.139. The molecule has 3 heteroatoms. The zero-order chi connectivity index (χ0) is 15.5. The van der Waals surface area contributed by atoms with Crippen LogP contribution in [0, 0.1) is 0 Å². The number of hydrogen-bond acceptors (Lipinski definition) is 2. The highest BCUT2D eigenvalue weighted by Gasteiger charge is 2.07. The van der Waals surface area contributed by atoms with Crippen LogP contribution < -0.4 is 4.74 Å². The van der Waals surface area contributed by atoms with E-state index in [1.54, 1.807) is 0 Å². The second kappa shape index (κ2) is 10.3. The molecule has 0 amide bonds. The number of ether oxygens (including phenoxy) is 1. The fourth-order valence-electron chi connectivity index (χ4n) is 2.41. The largest absolute Gasteiger partial charge is 0.482 e. The average molecular weight is 292 g/mol. The molecule has 0 unspecified atom stereocenters. The smallest absolute Gasteiger partial charge is 0.341 e. The Bertz CT molecular complexity index is 426. The number of aryl methyl sites for hydroxylation is 2. The lowest BCUT2D eigenvalue weighted by Gasteiger charge is -2.12. The van der Waals surface area contributed by atoms with Gasteiger partial charge >= 0.3 is 5.97 Å². The van der Waals surface area contributed by atoms with Crippen LogP contribution in [0.3, 0.4) is 0 Å². The molecule has 0 bridgehead atoms. The summed E-state index contributed by atoms with van der Waals surface area (Å²) in [6.45, 7) is 4.12. The fourth-order valence-corrected chi connectivity index (χ4v) is 2.41. The van der Waals surface area contributed by atoms with Gasteiger partial charge in [0.25, 0.3) is 0 Å². The Hall–Kier alpha value is -1.51. The zero-order valence-electron chi connectivity index (χ0n) is 13.4. The van der Waals surface area contributed by atoms with Gasteiger partial charge in [-0.3, -0.25) is 0 Å². The van der Waals surface area contributed by atoms with Gasteiger partial charge < -0.3 is 9.84 Å². The number of rotatable bonds is 11. The quantitative estimate of drug-likeness (QED) is 0.606. The van der Waals surface area contributed by atoms with E-state index in [9.17, 15) is 4.79 Å². The van der Waals surface area contributed by atoms with Crippen LogP contribution in [-0.4, -0.2) is 17.7 Å². The van der Waals surface area contributed by atoms with Gasteiger partial charge in [-0.15, -0.1) is 0 Å². The Morgan fingerprint density at radius 2 is 1.71 bits per heavy atom. The first kappa shape index (κ1) is 17.5. The highest BCUT2D eigenvalue weighted by Crippen LogP contribution is 2.23. The SMILES string of the molecule is CCCCCc1ccc(OCC(=O)O)c(CCCCC)c1. The van der Waals surface area contributed by atoms with Crippen LogP contribution in [0.1, 0.15) is 63.5 Å². The molecular formula is C18H28O3. The lowest BCUT2D eigenvalue weighted by Crippen LogP contribution is -2.10. The molecule has 1 rings (SSSR count). The van der Waals surface area contributed by atoms with Gasteiger partial charge in [0.2, 0.25) is 0 Å². The highest BCUT2D eigenvalue weighted by molar-refractivity contribution is 5.68. The van der Waals surface area contributed by atoms with Crippen molar-refractivity contribution >= 4 is 5.97 Å². The number of carboxylic acids is 1. The van der Waals surface area contributed by atoms with Crippen molar-refractivity contribution in [1.29, 1.82) is 0 Å². The van der Waals surface area contributed by atoms with E-state index in [-0.39, 0.29) is 6.61 Å². The third-order valence-corrected chi connectivity index (χ3v) is 3.59. The monoisotopic (exact) mass is 292 g/mol. The lowest BCUT2D eigenvalue weighted by atomic mass is 10.0. The Labute approximate surface area is 128 Å². The molecule has 118 valence electrons. The normalized spacial score (nSPS) is 10.6. The zero-order valence-corrected chi connectivity index (χ0v) is 13.4. The predicted octanol–water partition coefficient (Wildman–Crippen LogP) is 4.62. The number of unbranched alkanes of at least 4 members (excludes halogenated alkanes) is 4. The van der Waals surface area contributed by atoms with E-state index in [0.717, 1.165) is 30.6 Å². The van der Waals surface area contributed by atoms with Crippen LogP contribution in [0.5, 0.6) is 5.75 Å². The molecule has 1 N–H and O–H groups in total. The topological polar surface area (TPSA) is 46.5 Å². The molecule has 0 saturated carbocycles. The van der Waals surface area contributed by atoms with Gasteiger partial charge in [-0.2, -0.15) is 0 Å². The van der Waals surface area contributed by atoms with Crippen molar-refractivity contribution in [3.05, 3.63) is 29.3 Å². The van der Waals surface area contributed by atoms with E-state index in [1.165, 1.54) is 37.7 Å². The third-order valence-electron chi connectivity index (χ3n) is 3.59. The summed E-state index contributed by atoms with van der Waals surface area (Å²) in [4.78, 5) is 10.7. The standard InChI is InChI=1S/C18H28O3/c1-3-5-7-9-15-11-12-17(21-14-18(19)20)16(13-15)10-8-6-4-2/h11-13H,3-10,14H2,1-2H3,(H,19,20). The number of carboxylic acid groups (broad SMARTS) is 1. The first-order valence-electron chi connectivity index (χ1n) is 8.13. The van der Waals surface area contributed by atoms with Crippen molar-refractivity contribution in [2.75, 3.05) is 6.61 Å². The van der Waals surface area contributed by atoms with Crippen LogP contribution >= 0.6 is 0 Å². The number of hydrogen-bond donors (Lipinski definition) is 1. The van der Waals surface area contributed by atoms with Gasteiger partial charge in [0.1, 0.15) is 5.75 Å². The molecule has 0 spiro atoms. The average Bonchev–Trinajstić information content (AvgIpc) is 2.47. The molecule has 0 radical (unpaired) electrons. The molecule has 0 atom stereocenters. The van der Waals surface area contributed by atoms with Crippen LogP contribution in [0.25, 0.3) is 0 Å². The Morgan fingerprint density at radius 3 is 2.33 bits per heavy atom. The van der Waals surface area contributed by atoms with Gasteiger partial charge in [0.15, 0.2) is 6.61 Å². The highest BCUT2D eigenvalue weighted by atomic mass is 16.5. The van der Waals surface area contributed by atoms with Gasteiger partial charge in [0.05, 0.1) is 0 Å². The first-order chi connectivity index (χ1) is 10.2. The van der Waals surface area contributed by atoms with E-state index in [1.807, 2.05) is 6.07 Å². The molecule has 0 aromatic heterocycles. The molecule has 0 heterocycles. The van der Waals surface area contributed by atoms with E-state index in [4.69, 9.17) is 9.84 Å². The molecule has 0 aliphatic carbocycles. The van der Waals surface area contributed by atoms with Gasteiger partial charge in [-0.25, -0.2) is 4.79 Å².